The first kappa shape index (κ1) is 16.7. The van der Waals surface area contributed by atoms with Crippen molar-refractivity contribution in [3.63, 3.8) is 0 Å². The van der Waals surface area contributed by atoms with Gasteiger partial charge in [0.1, 0.15) is 18.0 Å². The number of piperidine rings is 1. The summed E-state index contributed by atoms with van der Waals surface area (Å²) in [5, 5.41) is 28.0. The number of phenols is 1. The second-order valence-electron chi connectivity index (χ2n) is 7.26. The molecule has 25 heavy (non-hydrogen) atoms. The lowest BCUT2D eigenvalue weighted by molar-refractivity contribution is -0.0455. The number of rotatable bonds is 1. The number of aromatic hydroxyl groups is 1. The highest BCUT2D eigenvalue weighted by molar-refractivity contribution is 5.66. The summed E-state index contributed by atoms with van der Waals surface area (Å²) >= 11 is 0. The summed E-state index contributed by atoms with van der Waals surface area (Å²) in [5.74, 6) is 1.71. The first-order valence-electron chi connectivity index (χ1n) is 8.69. The van der Waals surface area contributed by atoms with Gasteiger partial charge in [0.25, 0.3) is 0 Å². The molecule has 1 fully saturated rings. The topological polar surface area (TPSA) is 82.4 Å². The van der Waals surface area contributed by atoms with Crippen molar-refractivity contribution in [3.8, 4) is 17.2 Å². The van der Waals surface area contributed by atoms with Gasteiger partial charge in [0.05, 0.1) is 7.11 Å². The van der Waals surface area contributed by atoms with E-state index in [1.807, 2.05) is 6.08 Å². The van der Waals surface area contributed by atoms with Crippen LogP contribution in [0.3, 0.4) is 0 Å². The largest absolute Gasteiger partial charge is 0.504 e. The summed E-state index contributed by atoms with van der Waals surface area (Å²) in [6.45, 7) is 0.971. The number of phenolic OH excluding ortho intramolecular Hbond substituents is 1. The summed E-state index contributed by atoms with van der Waals surface area (Å²) in [5.41, 5.74) is 1.97. The van der Waals surface area contributed by atoms with Crippen LogP contribution in [0, 0.1) is 5.92 Å². The van der Waals surface area contributed by atoms with Gasteiger partial charge in [-0.3, -0.25) is 0 Å². The number of likely N-dealkylation sites (N-methyl/N-ethyl adjacent to an activating group) is 1. The minimum Gasteiger partial charge on any atom is -0.504 e. The fraction of sp³-hybridized carbons (Fsp3) is 0.579. The quantitative estimate of drug-likeness (QED) is 0.653. The Hall–Kier alpha value is -1.76. The molecule has 1 spiro atoms. The van der Waals surface area contributed by atoms with E-state index in [2.05, 4.69) is 18.0 Å². The smallest absolute Gasteiger partial charge is 0.166 e. The number of benzene rings is 1. The molecule has 0 unspecified atom stereocenters. The normalized spacial score (nSPS) is 36.8. The molecule has 0 saturated carbocycles. The zero-order chi connectivity index (χ0) is 17.9. The zero-order valence-corrected chi connectivity index (χ0v) is 14.8. The molecule has 0 aromatic heterocycles. The Kier molecular flexibility index (Phi) is 3.76. The Labute approximate surface area is 147 Å². The summed E-state index contributed by atoms with van der Waals surface area (Å²) in [7, 11) is 4.81. The predicted octanol–water partition coefficient (Wildman–Crippen LogP) is 0.815. The minimum atomic E-state index is -0.640. The van der Waals surface area contributed by atoms with Crippen LogP contribution in [0.15, 0.2) is 18.2 Å². The molecule has 2 aliphatic carbocycles. The molecule has 0 radical (unpaired) electrons. The highest BCUT2D eigenvalue weighted by Crippen LogP contribution is 2.63. The van der Waals surface area contributed by atoms with Gasteiger partial charge in [0.2, 0.25) is 0 Å². The fourth-order valence-electron chi connectivity index (χ4n) is 5.47. The Bertz CT molecular complexity index is 733. The van der Waals surface area contributed by atoms with E-state index in [0.717, 1.165) is 43.4 Å². The molecule has 4 aliphatic rings. The fourth-order valence-corrected chi connectivity index (χ4v) is 5.47. The lowest BCUT2D eigenvalue weighted by Crippen LogP contribution is -2.64. The highest BCUT2D eigenvalue weighted by Gasteiger charge is 2.64. The number of hydrogen-bond donors (Lipinski definition) is 3. The van der Waals surface area contributed by atoms with Crippen molar-refractivity contribution in [2.75, 3.05) is 27.8 Å². The lowest BCUT2D eigenvalue weighted by Gasteiger charge is -2.56. The third kappa shape index (κ3) is 1.90. The molecule has 136 valence electrons. The van der Waals surface area contributed by atoms with E-state index in [1.165, 1.54) is 0 Å². The molecule has 2 aliphatic heterocycles. The molecular formula is C19H25NO5. The number of hydrogen-bond acceptors (Lipinski definition) is 6. The lowest BCUT2D eigenvalue weighted by atomic mass is 9.53. The van der Waals surface area contributed by atoms with Gasteiger partial charge < -0.3 is 29.7 Å². The van der Waals surface area contributed by atoms with E-state index in [-0.39, 0.29) is 17.3 Å². The van der Waals surface area contributed by atoms with Crippen LogP contribution in [0.1, 0.15) is 17.5 Å². The molecule has 6 heteroatoms. The van der Waals surface area contributed by atoms with Crippen molar-refractivity contribution >= 4 is 0 Å². The van der Waals surface area contributed by atoms with Crippen LogP contribution in [0.2, 0.25) is 0 Å². The molecule has 2 heterocycles. The maximum absolute atomic E-state index is 10.5. The van der Waals surface area contributed by atoms with Crippen LogP contribution in [0.25, 0.3) is 0 Å². The van der Waals surface area contributed by atoms with Gasteiger partial charge >= 0.3 is 0 Å². The Morgan fingerprint density at radius 3 is 2.80 bits per heavy atom. The number of methoxy groups -OCH3 is 1. The minimum absolute atomic E-state index is 0.118. The monoisotopic (exact) mass is 347 g/mol. The van der Waals surface area contributed by atoms with Crippen LogP contribution >= 0.6 is 0 Å². The standard InChI is InChI=1S/C18H21NO4.CH4O/c1-19-6-5-18-10-3-4-12(20)17(18)23-16-13(21)8-14(22-2)9(15(16)18)7-11(10)19;1-2/h3-4,8,10-12,17,20-21H,5-7H2,1-2H3;2H,1H3/t10-,11+,12-,17-,18-;/m0./s1. The molecule has 0 amide bonds. The first-order chi connectivity index (χ1) is 12.1. The molecule has 1 aromatic rings. The van der Waals surface area contributed by atoms with E-state index < -0.39 is 6.10 Å². The molecule has 2 bridgehead atoms. The molecule has 1 aromatic carbocycles. The van der Waals surface area contributed by atoms with E-state index in [0.29, 0.717) is 17.7 Å². The van der Waals surface area contributed by atoms with Crippen LogP contribution < -0.4 is 9.47 Å². The third-order valence-corrected chi connectivity index (χ3v) is 6.46. The van der Waals surface area contributed by atoms with Gasteiger partial charge in [0.15, 0.2) is 11.5 Å². The average molecular weight is 347 g/mol. The molecule has 5 atom stereocenters. The van der Waals surface area contributed by atoms with Gasteiger partial charge in [-0.1, -0.05) is 12.2 Å². The van der Waals surface area contributed by atoms with Crippen molar-refractivity contribution in [1.29, 1.82) is 0 Å². The van der Waals surface area contributed by atoms with Gasteiger partial charge in [-0.15, -0.1) is 0 Å². The molecular weight excluding hydrogens is 322 g/mol. The number of aliphatic hydroxyl groups is 2. The van der Waals surface area contributed by atoms with Crippen molar-refractivity contribution in [2.45, 2.75) is 36.5 Å². The zero-order valence-electron chi connectivity index (χ0n) is 14.8. The van der Waals surface area contributed by atoms with Crippen molar-refractivity contribution in [1.82, 2.24) is 4.90 Å². The van der Waals surface area contributed by atoms with Gasteiger partial charge in [0, 0.05) is 41.7 Å². The van der Waals surface area contributed by atoms with Crippen LogP contribution in [0.4, 0.5) is 0 Å². The maximum Gasteiger partial charge on any atom is 0.166 e. The molecule has 3 N–H and O–H groups in total. The second-order valence-corrected chi connectivity index (χ2v) is 7.26. The van der Waals surface area contributed by atoms with E-state index in [1.54, 1.807) is 13.2 Å². The number of likely N-dealkylation sites (tertiary alicyclic amines) is 1. The van der Waals surface area contributed by atoms with Gasteiger partial charge in [-0.2, -0.15) is 0 Å². The maximum atomic E-state index is 10.5. The number of aliphatic hydroxyl groups excluding tert-OH is 2. The summed E-state index contributed by atoms with van der Waals surface area (Å²) < 4.78 is 11.7. The van der Waals surface area contributed by atoms with Crippen LogP contribution in [-0.2, 0) is 11.8 Å². The van der Waals surface area contributed by atoms with Crippen molar-refractivity contribution in [3.05, 3.63) is 29.3 Å². The first-order valence-corrected chi connectivity index (χ1v) is 8.69. The molecule has 1 saturated heterocycles. The van der Waals surface area contributed by atoms with Gasteiger partial charge in [-0.05, 0) is 26.4 Å². The van der Waals surface area contributed by atoms with Crippen LogP contribution in [0.5, 0.6) is 17.2 Å². The second kappa shape index (κ2) is 5.62. The van der Waals surface area contributed by atoms with E-state index in [9.17, 15) is 10.2 Å². The Morgan fingerprint density at radius 1 is 1.32 bits per heavy atom. The molecule has 6 nitrogen and oxygen atoms in total. The van der Waals surface area contributed by atoms with Crippen molar-refractivity contribution in [2.24, 2.45) is 5.92 Å². The summed E-state index contributed by atoms with van der Waals surface area (Å²) in [6.07, 6.45) is 4.87. The highest BCUT2D eigenvalue weighted by atomic mass is 16.5. The molecule has 5 rings (SSSR count). The Balaban J connectivity index is 0.000000758. The van der Waals surface area contributed by atoms with E-state index >= 15 is 0 Å². The number of nitrogens with zero attached hydrogens (tertiary/aromatic N) is 1. The summed E-state index contributed by atoms with van der Waals surface area (Å²) in [4.78, 5) is 2.41. The van der Waals surface area contributed by atoms with Gasteiger partial charge in [-0.25, -0.2) is 0 Å². The van der Waals surface area contributed by atoms with Crippen molar-refractivity contribution < 1.29 is 24.8 Å². The average Bonchev–Trinajstić information content (AvgIpc) is 2.98. The predicted molar refractivity (Wildman–Crippen MR) is 92.3 cm³/mol. The Morgan fingerprint density at radius 2 is 2.08 bits per heavy atom. The van der Waals surface area contributed by atoms with E-state index in [4.69, 9.17) is 14.6 Å². The number of ether oxygens (including phenoxy) is 2. The summed E-state index contributed by atoms with van der Waals surface area (Å²) in [6, 6.07) is 2.02. The van der Waals surface area contributed by atoms with Crippen LogP contribution in [-0.4, -0.2) is 66.3 Å². The third-order valence-electron chi connectivity index (χ3n) is 6.46. The SMILES string of the molecule is CO.COc1cc(O)c2c3c1C[C@@H]1[C@@H]4C=C[C@H](O)[C@H](O2)[C@]34CCN1C.